The third kappa shape index (κ3) is 3.53. The summed E-state index contributed by atoms with van der Waals surface area (Å²) in [5, 5.41) is 18.6. The summed E-state index contributed by atoms with van der Waals surface area (Å²) in [5.41, 5.74) is 1.95. The first-order valence-corrected chi connectivity index (χ1v) is 5.18. The predicted octanol–water partition coefficient (Wildman–Crippen LogP) is 1.56. The Labute approximate surface area is 91.0 Å². The molecule has 0 saturated heterocycles. The zero-order valence-corrected chi connectivity index (χ0v) is 9.51. The van der Waals surface area contributed by atoms with Crippen LogP contribution < -0.4 is 4.90 Å². The normalized spacial score (nSPS) is 14.7. The predicted molar refractivity (Wildman–Crippen MR) is 62.0 cm³/mol. The van der Waals surface area contributed by atoms with Crippen molar-refractivity contribution in [1.29, 1.82) is 0 Å². The van der Waals surface area contributed by atoms with Crippen molar-refractivity contribution >= 4 is 5.69 Å². The number of likely N-dealkylation sites (N-methyl/N-ethyl adjacent to an activating group) is 1. The summed E-state index contributed by atoms with van der Waals surface area (Å²) in [4.78, 5) is 1.98. The van der Waals surface area contributed by atoms with Crippen molar-refractivity contribution in [1.82, 2.24) is 0 Å². The number of aliphatic hydroxyl groups excluding tert-OH is 2. The fourth-order valence-electron chi connectivity index (χ4n) is 1.51. The van der Waals surface area contributed by atoms with E-state index in [4.69, 9.17) is 0 Å². The summed E-state index contributed by atoms with van der Waals surface area (Å²) in [6, 6.07) is 7.70. The molecule has 0 heterocycles. The maximum absolute atomic E-state index is 9.35. The van der Waals surface area contributed by atoms with Crippen LogP contribution in [0.5, 0.6) is 0 Å². The molecule has 0 aliphatic carbocycles. The van der Waals surface area contributed by atoms with E-state index in [0.29, 0.717) is 6.54 Å². The summed E-state index contributed by atoms with van der Waals surface area (Å²) >= 11 is 0. The fraction of sp³-hybridized carbons (Fsp3) is 0.500. The number of nitrogens with zero attached hydrogens (tertiary/aromatic N) is 1. The quantitative estimate of drug-likeness (QED) is 0.791. The molecule has 0 fully saturated rings. The van der Waals surface area contributed by atoms with Gasteiger partial charge in [0.15, 0.2) is 0 Å². The van der Waals surface area contributed by atoms with E-state index < -0.39 is 6.10 Å². The third-order valence-electron chi connectivity index (χ3n) is 2.35. The van der Waals surface area contributed by atoms with Crippen LogP contribution >= 0.6 is 0 Å². The van der Waals surface area contributed by atoms with Gasteiger partial charge >= 0.3 is 0 Å². The molecule has 1 unspecified atom stereocenters. The molecule has 1 aromatic rings. The summed E-state index contributed by atoms with van der Waals surface area (Å²) in [6.07, 6.45) is -0.771. The van der Waals surface area contributed by atoms with Gasteiger partial charge in [0.05, 0.1) is 12.2 Å². The zero-order chi connectivity index (χ0) is 11.4. The standard InChI is InChI=1S/C12H19NO2/c1-9(14)8-13(3)12-6-4-11(5-7-12)10(2)15/h4-7,9-10,14-15H,8H2,1-3H3/t9?,10-/m0/s1. The van der Waals surface area contributed by atoms with Crippen molar-refractivity contribution in [2.24, 2.45) is 0 Å². The van der Waals surface area contributed by atoms with Crippen molar-refractivity contribution < 1.29 is 10.2 Å². The highest BCUT2D eigenvalue weighted by Crippen LogP contribution is 2.18. The van der Waals surface area contributed by atoms with E-state index in [2.05, 4.69) is 0 Å². The monoisotopic (exact) mass is 209 g/mol. The van der Waals surface area contributed by atoms with Gasteiger partial charge in [0.25, 0.3) is 0 Å². The summed E-state index contributed by atoms with van der Waals surface area (Å²) in [7, 11) is 1.93. The number of benzene rings is 1. The van der Waals surface area contributed by atoms with Gasteiger partial charge in [-0.25, -0.2) is 0 Å². The summed E-state index contributed by atoms with van der Waals surface area (Å²) in [6.45, 7) is 4.11. The molecule has 0 bridgehead atoms. The van der Waals surface area contributed by atoms with Crippen LogP contribution in [0.2, 0.25) is 0 Å². The topological polar surface area (TPSA) is 43.7 Å². The van der Waals surface area contributed by atoms with Crippen LogP contribution in [0.4, 0.5) is 5.69 Å². The van der Waals surface area contributed by atoms with Gasteiger partial charge in [0.1, 0.15) is 0 Å². The van der Waals surface area contributed by atoms with E-state index >= 15 is 0 Å². The molecule has 1 aromatic carbocycles. The Morgan fingerprint density at radius 3 is 2.07 bits per heavy atom. The minimum atomic E-state index is -0.430. The van der Waals surface area contributed by atoms with Crippen molar-refractivity contribution in [3.63, 3.8) is 0 Å². The lowest BCUT2D eigenvalue weighted by atomic mass is 10.1. The van der Waals surface area contributed by atoms with Crippen LogP contribution in [0.1, 0.15) is 25.5 Å². The second-order valence-electron chi connectivity index (χ2n) is 4.00. The Hall–Kier alpha value is -1.06. The van der Waals surface area contributed by atoms with Gasteiger partial charge in [0, 0.05) is 19.3 Å². The van der Waals surface area contributed by atoms with Crippen LogP contribution in [0, 0.1) is 0 Å². The minimum Gasteiger partial charge on any atom is -0.392 e. The molecule has 0 saturated carbocycles. The van der Waals surface area contributed by atoms with Crippen molar-refractivity contribution in [2.75, 3.05) is 18.5 Å². The Bertz CT molecular complexity index is 293. The molecule has 0 aliphatic heterocycles. The Balaban J connectivity index is 2.71. The number of aliphatic hydroxyl groups is 2. The second kappa shape index (κ2) is 5.14. The van der Waals surface area contributed by atoms with Crippen LogP contribution in [0.3, 0.4) is 0 Å². The molecular formula is C12H19NO2. The zero-order valence-electron chi connectivity index (χ0n) is 9.51. The first kappa shape index (κ1) is 12.0. The van der Waals surface area contributed by atoms with E-state index in [1.54, 1.807) is 13.8 Å². The molecule has 2 atom stereocenters. The highest BCUT2D eigenvalue weighted by molar-refractivity contribution is 5.47. The first-order valence-electron chi connectivity index (χ1n) is 5.18. The lowest BCUT2D eigenvalue weighted by Crippen LogP contribution is -2.26. The highest BCUT2D eigenvalue weighted by Gasteiger charge is 2.05. The van der Waals surface area contributed by atoms with Gasteiger partial charge < -0.3 is 15.1 Å². The molecule has 0 spiro atoms. The molecule has 3 heteroatoms. The molecule has 0 amide bonds. The number of hydrogen-bond acceptors (Lipinski definition) is 3. The van der Waals surface area contributed by atoms with Crippen molar-refractivity contribution in [2.45, 2.75) is 26.1 Å². The van der Waals surface area contributed by atoms with Crippen LogP contribution in [0.15, 0.2) is 24.3 Å². The highest BCUT2D eigenvalue weighted by atomic mass is 16.3. The lowest BCUT2D eigenvalue weighted by Gasteiger charge is -2.21. The number of anilines is 1. The van der Waals surface area contributed by atoms with E-state index in [1.807, 2.05) is 36.2 Å². The molecule has 0 aliphatic rings. The number of rotatable bonds is 4. The fourth-order valence-corrected chi connectivity index (χ4v) is 1.51. The third-order valence-corrected chi connectivity index (χ3v) is 2.35. The van der Waals surface area contributed by atoms with E-state index in [1.165, 1.54) is 0 Å². The Morgan fingerprint density at radius 1 is 1.13 bits per heavy atom. The van der Waals surface area contributed by atoms with Crippen LogP contribution in [0.25, 0.3) is 0 Å². The maximum atomic E-state index is 9.35. The Kier molecular flexibility index (Phi) is 4.12. The largest absolute Gasteiger partial charge is 0.392 e. The molecule has 3 nitrogen and oxygen atoms in total. The van der Waals surface area contributed by atoms with Gasteiger partial charge in [-0.3, -0.25) is 0 Å². The van der Waals surface area contributed by atoms with E-state index in [9.17, 15) is 10.2 Å². The van der Waals surface area contributed by atoms with Gasteiger partial charge in [-0.15, -0.1) is 0 Å². The minimum absolute atomic E-state index is 0.341. The van der Waals surface area contributed by atoms with Crippen LogP contribution in [-0.4, -0.2) is 29.9 Å². The van der Waals surface area contributed by atoms with Gasteiger partial charge in [-0.1, -0.05) is 12.1 Å². The maximum Gasteiger partial charge on any atom is 0.0761 e. The van der Waals surface area contributed by atoms with Crippen molar-refractivity contribution in [3.8, 4) is 0 Å². The molecule has 0 radical (unpaired) electrons. The van der Waals surface area contributed by atoms with Gasteiger partial charge in [-0.2, -0.15) is 0 Å². The van der Waals surface area contributed by atoms with E-state index in [-0.39, 0.29) is 6.10 Å². The smallest absolute Gasteiger partial charge is 0.0761 e. The average molecular weight is 209 g/mol. The summed E-state index contributed by atoms with van der Waals surface area (Å²) in [5.74, 6) is 0. The van der Waals surface area contributed by atoms with Crippen molar-refractivity contribution in [3.05, 3.63) is 29.8 Å². The van der Waals surface area contributed by atoms with Gasteiger partial charge in [0.2, 0.25) is 0 Å². The average Bonchev–Trinajstić information content (AvgIpc) is 2.17. The first-order chi connectivity index (χ1) is 7.00. The SMILES string of the molecule is CC(O)CN(C)c1ccc([C@H](C)O)cc1. The van der Waals surface area contributed by atoms with E-state index in [0.717, 1.165) is 11.3 Å². The molecule has 15 heavy (non-hydrogen) atoms. The molecule has 84 valence electrons. The molecule has 0 aromatic heterocycles. The molecular weight excluding hydrogens is 190 g/mol. The van der Waals surface area contributed by atoms with Crippen LogP contribution in [-0.2, 0) is 0 Å². The Morgan fingerprint density at radius 2 is 1.67 bits per heavy atom. The summed E-state index contributed by atoms with van der Waals surface area (Å²) < 4.78 is 0. The molecule has 2 N–H and O–H groups in total. The number of hydrogen-bond donors (Lipinski definition) is 2. The van der Waals surface area contributed by atoms with Gasteiger partial charge in [-0.05, 0) is 31.5 Å². The molecule has 1 rings (SSSR count). The lowest BCUT2D eigenvalue weighted by molar-refractivity contribution is 0.199. The second-order valence-corrected chi connectivity index (χ2v) is 4.00.